The third kappa shape index (κ3) is 4.79. The molecule has 4 heterocycles. The maximum atomic E-state index is 13.7. The molecule has 0 radical (unpaired) electrons. The summed E-state index contributed by atoms with van der Waals surface area (Å²) < 4.78 is 27.6. The van der Waals surface area contributed by atoms with Gasteiger partial charge in [0, 0.05) is 29.9 Å². The van der Waals surface area contributed by atoms with Crippen LogP contribution in [0.25, 0.3) is 10.9 Å². The van der Waals surface area contributed by atoms with Crippen molar-refractivity contribution in [3.63, 3.8) is 0 Å². The quantitative estimate of drug-likeness (QED) is 0.490. The smallest absolute Gasteiger partial charge is 0.261 e. The first-order valence-corrected chi connectivity index (χ1v) is 14.0. The lowest BCUT2D eigenvalue weighted by atomic mass is 10.0. The summed E-state index contributed by atoms with van der Waals surface area (Å²) in [6, 6.07) is 10.9. The molecule has 1 N–H and O–H groups in total. The minimum absolute atomic E-state index is 0.0868. The number of carbonyl (C=O) groups is 3. The summed E-state index contributed by atoms with van der Waals surface area (Å²) in [5.41, 5.74) is 1.16. The predicted octanol–water partition coefficient (Wildman–Crippen LogP) is 2.02. The number of likely N-dealkylation sites (tertiary alicyclic amines) is 1. The number of aromatic nitrogens is 2. The number of hydrogen-bond donors (Lipinski definition) is 1. The van der Waals surface area contributed by atoms with Gasteiger partial charge in [-0.15, -0.1) is 0 Å². The molecule has 2 aliphatic rings. The second-order valence-corrected chi connectivity index (χ2v) is 11.9. The lowest BCUT2D eigenvalue weighted by Gasteiger charge is -2.29. The molecular formula is C27H29N5O5S. The van der Waals surface area contributed by atoms with E-state index < -0.39 is 34.1 Å². The summed E-state index contributed by atoms with van der Waals surface area (Å²) in [5, 5.41) is 3.54. The highest BCUT2D eigenvalue weighted by Gasteiger charge is 2.54. The Labute approximate surface area is 221 Å². The van der Waals surface area contributed by atoms with Gasteiger partial charge in [0.1, 0.15) is 12.1 Å². The van der Waals surface area contributed by atoms with E-state index in [9.17, 15) is 22.8 Å². The van der Waals surface area contributed by atoms with Gasteiger partial charge in [-0.05, 0) is 55.2 Å². The zero-order chi connectivity index (χ0) is 27.0. The molecule has 2 aromatic heterocycles. The highest BCUT2D eigenvalue weighted by Crippen LogP contribution is 2.34. The summed E-state index contributed by atoms with van der Waals surface area (Å²) in [6.07, 6.45) is 3.76. The SMILES string of the molecule is CC(C)CC(NC(=O)c1ccc2ncccc2c1)C(=O)N1CCC2C1C(=O)CN2S(=O)(=O)c1ccccn1. The van der Waals surface area contributed by atoms with Gasteiger partial charge in [-0.1, -0.05) is 26.0 Å². The van der Waals surface area contributed by atoms with Crippen molar-refractivity contribution < 1.29 is 22.8 Å². The Morgan fingerprint density at radius 2 is 1.87 bits per heavy atom. The van der Waals surface area contributed by atoms with Gasteiger partial charge in [0.05, 0.1) is 18.1 Å². The zero-order valence-electron chi connectivity index (χ0n) is 21.1. The number of Topliss-reactive ketones (excluding diaryl/α,β-unsaturated/α-hetero) is 1. The molecule has 198 valence electrons. The molecular weight excluding hydrogens is 506 g/mol. The third-order valence-corrected chi connectivity index (χ3v) is 8.83. The van der Waals surface area contributed by atoms with Crippen molar-refractivity contribution in [2.75, 3.05) is 13.1 Å². The van der Waals surface area contributed by atoms with Gasteiger partial charge in [-0.2, -0.15) is 4.31 Å². The Hall–Kier alpha value is -3.70. The summed E-state index contributed by atoms with van der Waals surface area (Å²) in [4.78, 5) is 49.6. The number of nitrogens with zero attached hydrogens (tertiary/aromatic N) is 4. The molecule has 3 unspecified atom stereocenters. The minimum atomic E-state index is -4.00. The van der Waals surface area contributed by atoms with E-state index >= 15 is 0 Å². The molecule has 1 aromatic carbocycles. The van der Waals surface area contributed by atoms with Gasteiger partial charge in [0.15, 0.2) is 10.8 Å². The number of rotatable bonds is 7. The second-order valence-electron chi connectivity index (χ2n) is 10.1. The molecule has 3 atom stereocenters. The lowest BCUT2D eigenvalue weighted by molar-refractivity contribution is -0.138. The maximum Gasteiger partial charge on any atom is 0.261 e. The van der Waals surface area contributed by atoms with Crippen molar-refractivity contribution in [1.82, 2.24) is 24.5 Å². The van der Waals surface area contributed by atoms with Crippen LogP contribution < -0.4 is 5.32 Å². The fraction of sp³-hybridized carbons (Fsp3) is 0.370. The van der Waals surface area contributed by atoms with Gasteiger partial charge in [0.25, 0.3) is 15.9 Å². The van der Waals surface area contributed by atoms with Crippen LogP contribution >= 0.6 is 0 Å². The topological polar surface area (TPSA) is 130 Å². The van der Waals surface area contributed by atoms with Crippen LogP contribution in [0.1, 0.15) is 37.0 Å². The fourth-order valence-corrected chi connectivity index (χ4v) is 6.87. The molecule has 2 fully saturated rings. The van der Waals surface area contributed by atoms with Crippen molar-refractivity contribution in [1.29, 1.82) is 0 Å². The Kier molecular flexibility index (Phi) is 6.97. The molecule has 11 heteroatoms. The number of fused-ring (bicyclic) bond motifs is 2. The van der Waals surface area contributed by atoms with Gasteiger partial charge in [-0.25, -0.2) is 13.4 Å². The molecule has 2 saturated heterocycles. The Morgan fingerprint density at radius 3 is 2.61 bits per heavy atom. The van der Waals surface area contributed by atoms with Gasteiger partial charge in [0.2, 0.25) is 5.91 Å². The van der Waals surface area contributed by atoms with E-state index in [0.29, 0.717) is 18.4 Å². The number of nitrogens with one attached hydrogen (secondary N) is 1. The average molecular weight is 536 g/mol. The van der Waals surface area contributed by atoms with Crippen LogP contribution in [0.5, 0.6) is 0 Å². The van der Waals surface area contributed by atoms with Crippen molar-refractivity contribution in [3.05, 3.63) is 66.5 Å². The number of amides is 2. The molecule has 0 bridgehead atoms. The number of benzene rings is 1. The number of ketones is 1. The first kappa shape index (κ1) is 25.9. The van der Waals surface area contributed by atoms with Crippen LogP contribution in [-0.4, -0.2) is 76.4 Å². The van der Waals surface area contributed by atoms with Crippen LogP contribution in [0.3, 0.4) is 0 Å². The average Bonchev–Trinajstić information content (AvgIpc) is 3.49. The molecule has 0 spiro atoms. The standard InChI is InChI=1S/C27H29N5O5S/c1-17(2)14-21(30-26(34)19-8-9-20-18(15-19)6-5-12-28-20)27(35)31-13-10-22-25(31)23(33)16-32(22)38(36,37)24-7-3-4-11-29-24/h3-9,11-12,15,17,21-22,25H,10,13-14,16H2,1-2H3,(H,30,34). The van der Waals surface area contributed by atoms with E-state index in [-0.39, 0.29) is 35.7 Å². The van der Waals surface area contributed by atoms with E-state index in [1.165, 1.54) is 17.2 Å². The predicted molar refractivity (Wildman–Crippen MR) is 139 cm³/mol. The van der Waals surface area contributed by atoms with Crippen molar-refractivity contribution in [2.24, 2.45) is 5.92 Å². The molecule has 10 nitrogen and oxygen atoms in total. The largest absolute Gasteiger partial charge is 0.340 e. The van der Waals surface area contributed by atoms with Gasteiger partial charge in [-0.3, -0.25) is 19.4 Å². The molecule has 2 aliphatic heterocycles. The molecule has 0 aliphatic carbocycles. The van der Waals surface area contributed by atoms with E-state index in [1.54, 1.807) is 42.6 Å². The van der Waals surface area contributed by atoms with E-state index in [4.69, 9.17) is 0 Å². The molecule has 3 aromatic rings. The second kappa shape index (κ2) is 10.2. The van der Waals surface area contributed by atoms with Crippen LogP contribution in [0, 0.1) is 5.92 Å². The molecule has 38 heavy (non-hydrogen) atoms. The van der Waals surface area contributed by atoms with E-state index in [1.807, 2.05) is 19.9 Å². The molecule has 5 rings (SSSR count). The third-order valence-electron chi connectivity index (χ3n) is 7.05. The highest BCUT2D eigenvalue weighted by molar-refractivity contribution is 7.89. The zero-order valence-corrected chi connectivity index (χ0v) is 22.0. The first-order chi connectivity index (χ1) is 18.2. The number of pyridine rings is 2. The van der Waals surface area contributed by atoms with Crippen molar-refractivity contribution in [2.45, 2.75) is 49.8 Å². The van der Waals surface area contributed by atoms with Crippen LogP contribution in [0.2, 0.25) is 0 Å². The monoisotopic (exact) mass is 535 g/mol. The maximum absolute atomic E-state index is 13.7. The summed E-state index contributed by atoms with van der Waals surface area (Å²) >= 11 is 0. The first-order valence-electron chi connectivity index (χ1n) is 12.6. The Balaban J connectivity index is 1.36. The van der Waals surface area contributed by atoms with E-state index in [2.05, 4.69) is 15.3 Å². The van der Waals surface area contributed by atoms with Crippen molar-refractivity contribution >= 4 is 38.5 Å². The number of hydrogen-bond acceptors (Lipinski definition) is 7. The van der Waals surface area contributed by atoms with Crippen LogP contribution in [-0.2, 0) is 19.6 Å². The fourth-order valence-electron chi connectivity index (χ4n) is 5.31. The number of sulfonamides is 1. The van der Waals surface area contributed by atoms with Gasteiger partial charge >= 0.3 is 0 Å². The van der Waals surface area contributed by atoms with Crippen LogP contribution in [0.4, 0.5) is 0 Å². The summed E-state index contributed by atoms with van der Waals surface area (Å²) in [7, 11) is -4.00. The normalized spacial score (nSPS) is 20.6. The summed E-state index contributed by atoms with van der Waals surface area (Å²) in [5.74, 6) is -1.03. The number of carbonyl (C=O) groups excluding carboxylic acids is 3. The highest BCUT2D eigenvalue weighted by atomic mass is 32.2. The molecule has 0 saturated carbocycles. The molecule has 2 amide bonds. The summed E-state index contributed by atoms with van der Waals surface area (Å²) in [6.45, 7) is 3.80. The Morgan fingerprint density at radius 1 is 1.08 bits per heavy atom. The minimum Gasteiger partial charge on any atom is -0.340 e. The van der Waals surface area contributed by atoms with Gasteiger partial charge < -0.3 is 10.2 Å². The van der Waals surface area contributed by atoms with E-state index in [0.717, 1.165) is 15.2 Å². The van der Waals surface area contributed by atoms with Crippen LogP contribution in [0.15, 0.2) is 66.0 Å². The lowest BCUT2D eigenvalue weighted by Crippen LogP contribution is -2.53. The van der Waals surface area contributed by atoms with Crippen molar-refractivity contribution in [3.8, 4) is 0 Å². The Bertz CT molecular complexity index is 1490.